The quantitative estimate of drug-likeness (QED) is 0.160. The van der Waals surface area contributed by atoms with Gasteiger partial charge in [0.2, 0.25) is 11.8 Å². The number of amides is 3. The summed E-state index contributed by atoms with van der Waals surface area (Å²) in [7, 11) is 3.26. The fourth-order valence-electron chi connectivity index (χ4n) is 6.82. The SMILES string of the molecule is COc1nc(-c2ccnc(-c3cccc(NC(=O)c4ccc(CN5CC[C@@H](OC)C5)cn4)c3C)c2Cl)ccc1CN(C[C@@H]1CCC(=O)N1)C(=O)OC(C)(C)C. The van der Waals surface area contributed by atoms with Crippen molar-refractivity contribution >= 4 is 35.2 Å². The number of benzene rings is 1. The Hall–Kier alpha value is -5.11. The van der Waals surface area contributed by atoms with Gasteiger partial charge in [0.05, 0.1) is 36.2 Å². The van der Waals surface area contributed by atoms with Crippen LogP contribution < -0.4 is 15.4 Å². The fourth-order valence-corrected chi connectivity index (χ4v) is 7.13. The average Bonchev–Trinajstić information content (AvgIpc) is 3.80. The maximum atomic E-state index is 13.3. The smallest absolute Gasteiger partial charge is 0.410 e. The molecule has 0 radical (unpaired) electrons. The minimum atomic E-state index is -0.703. The van der Waals surface area contributed by atoms with Crippen molar-refractivity contribution in [2.24, 2.45) is 0 Å². The summed E-state index contributed by atoms with van der Waals surface area (Å²) >= 11 is 7.07. The molecule has 14 heteroatoms. The Bertz CT molecular complexity index is 2040. The summed E-state index contributed by atoms with van der Waals surface area (Å²) in [6, 6.07) is 14.5. The molecule has 0 bridgehead atoms. The van der Waals surface area contributed by atoms with Gasteiger partial charge in [0, 0.05) is 80.5 Å². The molecule has 3 aromatic heterocycles. The first kappa shape index (κ1) is 39.6. The summed E-state index contributed by atoms with van der Waals surface area (Å²) < 4.78 is 16.9. The number of likely N-dealkylation sites (tertiary alicyclic amines) is 1. The summed E-state index contributed by atoms with van der Waals surface area (Å²) in [6.45, 7) is 10.4. The lowest BCUT2D eigenvalue weighted by molar-refractivity contribution is -0.119. The predicted molar refractivity (Wildman–Crippen MR) is 210 cm³/mol. The van der Waals surface area contributed by atoms with E-state index in [0.29, 0.717) is 57.6 Å². The highest BCUT2D eigenvalue weighted by atomic mass is 35.5. The second kappa shape index (κ2) is 17.1. The van der Waals surface area contributed by atoms with Crippen LogP contribution in [0.2, 0.25) is 5.02 Å². The van der Waals surface area contributed by atoms with E-state index in [1.165, 1.54) is 7.11 Å². The molecule has 55 heavy (non-hydrogen) atoms. The van der Waals surface area contributed by atoms with Crippen LogP contribution in [0.25, 0.3) is 22.5 Å². The van der Waals surface area contributed by atoms with Crippen LogP contribution >= 0.6 is 11.6 Å². The van der Waals surface area contributed by atoms with Gasteiger partial charge in [0.15, 0.2) is 0 Å². The minimum Gasteiger partial charge on any atom is -0.481 e. The first-order valence-corrected chi connectivity index (χ1v) is 18.8. The van der Waals surface area contributed by atoms with E-state index < -0.39 is 11.7 Å². The number of anilines is 1. The number of halogens is 1. The Morgan fingerprint density at radius 2 is 1.87 bits per heavy atom. The molecule has 1 aromatic carbocycles. The maximum absolute atomic E-state index is 13.3. The van der Waals surface area contributed by atoms with E-state index in [1.54, 1.807) is 36.5 Å². The molecular weight excluding hydrogens is 722 g/mol. The zero-order valence-electron chi connectivity index (χ0n) is 32.1. The Balaban J connectivity index is 1.19. The Morgan fingerprint density at radius 1 is 1.05 bits per heavy atom. The van der Waals surface area contributed by atoms with Crippen molar-refractivity contribution in [3.8, 4) is 28.4 Å². The molecule has 13 nitrogen and oxygen atoms in total. The molecule has 6 rings (SSSR count). The van der Waals surface area contributed by atoms with Gasteiger partial charge in [-0.25, -0.2) is 9.78 Å². The van der Waals surface area contributed by atoms with Crippen LogP contribution in [0.5, 0.6) is 5.88 Å². The van der Waals surface area contributed by atoms with Gasteiger partial charge in [0.1, 0.15) is 11.3 Å². The molecule has 2 saturated heterocycles. The van der Waals surface area contributed by atoms with Crippen LogP contribution in [0.4, 0.5) is 10.5 Å². The van der Waals surface area contributed by atoms with Crippen LogP contribution in [0.3, 0.4) is 0 Å². The highest BCUT2D eigenvalue weighted by molar-refractivity contribution is 6.35. The van der Waals surface area contributed by atoms with Gasteiger partial charge in [0.25, 0.3) is 5.91 Å². The van der Waals surface area contributed by atoms with Crippen molar-refractivity contribution in [3.63, 3.8) is 0 Å². The maximum Gasteiger partial charge on any atom is 0.410 e. The molecule has 290 valence electrons. The normalized spacial score (nSPS) is 17.2. The molecular formula is C41H48ClN7O6. The van der Waals surface area contributed by atoms with Crippen molar-refractivity contribution in [1.82, 2.24) is 30.1 Å². The lowest BCUT2D eigenvalue weighted by Gasteiger charge is -2.29. The monoisotopic (exact) mass is 769 g/mol. The number of hydrogen-bond donors (Lipinski definition) is 2. The molecule has 2 fully saturated rings. The van der Waals surface area contributed by atoms with Crippen molar-refractivity contribution in [1.29, 1.82) is 0 Å². The van der Waals surface area contributed by atoms with Gasteiger partial charge in [-0.2, -0.15) is 0 Å². The summed E-state index contributed by atoms with van der Waals surface area (Å²) in [5, 5.41) is 6.30. The number of nitrogens with one attached hydrogen (secondary N) is 2. The predicted octanol–water partition coefficient (Wildman–Crippen LogP) is 6.66. The van der Waals surface area contributed by atoms with Gasteiger partial charge in [-0.1, -0.05) is 29.8 Å². The molecule has 0 unspecified atom stereocenters. The number of carbonyl (C=O) groups is 3. The molecule has 2 aliphatic rings. The topological polar surface area (TPSA) is 148 Å². The first-order chi connectivity index (χ1) is 26.3. The molecule has 0 spiro atoms. The largest absolute Gasteiger partial charge is 0.481 e. The van der Waals surface area contributed by atoms with Gasteiger partial charge >= 0.3 is 6.09 Å². The lowest BCUT2D eigenvalue weighted by Crippen LogP contribution is -2.43. The first-order valence-electron chi connectivity index (χ1n) is 18.4. The Kier molecular flexibility index (Phi) is 12.3. The van der Waals surface area contributed by atoms with Crippen molar-refractivity contribution in [2.75, 3.05) is 39.2 Å². The van der Waals surface area contributed by atoms with Crippen LogP contribution in [0.15, 0.2) is 60.9 Å². The van der Waals surface area contributed by atoms with Gasteiger partial charge in [-0.05, 0) is 82.0 Å². The zero-order chi connectivity index (χ0) is 39.3. The fraction of sp³-hybridized carbons (Fsp3) is 0.415. The van der Waals surface area contributed by atoms with E-state index in [0.717, 1.165) is 42.7 Å². The second-order valence-electron chi connectivity index (χ2n) is 14.9. The molecule has 2 aliphatic heterocycles. The highest BCUT2D eigenvalue weighted by Crippen LogP contribution is 2.38. The number of carbonyl (C=O) groups excluding carboxylic acids is 3. The van der Waals surface area contributed by atoms with Crippen LogP contribution in [0, 0.1) is 6.92 Å². The molecule has 2 atom stereocenters. The average molecular weight is 770 g/mol. The van der Waals surface area contributed by atoms with Crippen LogP contribution in [0.1, 0.15) is 67.2 Å². The standard InChI is InChI=1S/C41H48ClN7O6/c1-25-30(8-7-9-32(25)46-38(51)34-13-10-26(20-44-34)21-48-19-17-29(24-48)53-5)37-36(42)31(16-18-43-37)33-14-11-27(39(47-33)54-6)22-49(40(52)55-41(2,3)4)23-28-12-15-35(50)45-28/h7-11,13-14,16,18,20,28-29H,12,15,17,19,21-24H2,1-6H3,(H,45,50)(H,46,51)/t28-,29+/m0/s1. The third-order valence-corrected chi connectivity index (χ3v) is 10.1. The number of pyridine rings is 3. The summed E-state index contributed by atoms with van der Waals surface area (Å²) in [6.07, 6.45) is 5.22. The molecule has 0 aliphatic carbocycles. The van der Waals surface area contributed by atoms with Gasteiger partial charge in [-0.3, -0.25) is 24.5 Å². The Morgan fingerprint density at radius 3 is 2.55 bits per heavy atom. The summed E-state index contributed by atoms with van der Waals surface area (Å²) in [4.78, 5) is 56.2. The highest BCUT2D eigenvalue weighted by Gasteiger charge is 2.30. The van der Waals surface area contributed by atoms with Crippen LogP contribution in [-0.4, -0.2) is 94.3 Å². The van der Waals surface area contributed by atoms with E-state index in [2.05, 4.69) is 25.5 Å². The number of methoxy groups -OCH3 is 2. The molecule has 0 saturated carbocycles. The molecule has 4 aromatic rings. The van der Waals surface area contributed by atoms with E-state index >= 15 is 0 Å². The van der Waals surface area contributed by atoms with Gasteiger partial charge < -0.3 is 29.7 Å². The lowest BCUT2D eigenvalue weighted by atomic mass is 10.0. The summed E-state index contributed by atoms with van der Waals surface area (Å²) in [5.41, 5.74) is 5.11. The number of nitrogens with zero attached hydrogens (tertiary/aromatic N) is 5. The number of ether oxygens (including phenoxy) is 3. The second-order valence-corrected chi connectivity index (χ2v) is 15.3. The number of rotatable bonds is 12. The third-order valence-electron chi connectivity index (χ3n) is 9.70. The van der Waals surface area contributed by atoms with Crippen LogP contribution in [-0.2, 0) is 27.4 Å². The molecule has 5 heterocycles. The summed E-state index contributed by atoms with van der Waals surface area (Å²) in [5.74, 6) is -0.0461. The van der Waals surface area contributed by atoms with Crippen molar-refractivity contribution < 1.29 is 28.6 Å². The molecule has 3 amide bonds. The van der Waals surface area contributed by atoms with Crippen molar-refractivity contribution in [3.05, 3.63) is 88.3 Å². The number of hydrogen-bond acceptors (Lipinski definition) is 10. The molecule has 2 N–H and O–H groups in total. The minimum absolute atomic E-state index is 0.0360. The van der Waals surface area contributed by atoms with E-state index in [1.807, 2.05) is 64.1 Å². The number of aromatic nitrogens is 3. The third kappa shape index (κ3) is 9.77. The van der Waals surface area contributed by atoms with Crippen molar-refractivity contribution in [2.45, 2.75) is 77.8 Å². The van der Waals surface area contributed by atoms with E-state index in [9.17, 15) is 14.4 Å². The Labute approximate surface area is 326 Å². The van der Waals surface area contributed by atoms with E-state index in [-0.39, 0.29) is 37.0 Å². The zero-order valence-corrected chi connectivity index (χ0v) is 32.9. The van der Waals surface area contributed by atoms with E-state index in [4.69, 9.17) is 30.8 Å². The van der Waals surface area contributed by atoms with Gasteiger partial charge in [-0.15, -0.1) is 0 Å².